The molecule has 1 N–H and O–H groups in total. The second-order valence-electron chi connectivity index (χ2n) is 4.68. The normalized spacial score (nSPS) is 12.9. The van der Waals surface area contributed by atoms with Gasteiger partial charge in [-0.05, 0) is 31.5 Å². The lowest BCUT2D eigenvalue weighted by Gasteiger charge is -2.14. The Labute approximate surface area is 124 Å². The van der Waals surface area contributed by atoms with E-state index >= 15 is 0 Å². The monoisotopic (exact) mass is 281 g/mol. The Kier molecular flexibility index (Phi) is 5.10. The van der Waals surface area contributed by atoms with Crippen LogP contribution in [0.25, 0.3) is 5.69 Å². The smallest absolute Gasteiger partial charge is 0.244 e. The zero-order chi connectivity index (χ0) is 15.1. The van der Waals surface area contributed by atoms with E-state index in [4.69, 9.17) is 0 Å². The summed E-state index contributed by atoms with van der Waals surface area (Å²) < 4.78 is 1.93. The van der Waals surface area contributed by atoms with Gasteiger partial charge in [0.15, 0.2) is 0 Å². The second-order valence-corrected chi connectivity index (χ2v) is 4.68. The molecule has 0 radical (unpaired) electrons. The van der Waals surface area contributed by atoms with E-state index in [1.165, 1.54) is 6.08 Å². The van der Waals surface area contributed by atoms with Crippen LogP contribution in [0.15, 0.2) is 67.3 Å². The summed E-state index contributed by atoms with van der Waals surface area (Å²) in [7, 11) is 0. The molecule has 0 spiro atoms. The summed E-state index contributed by atoms with van der Waals surface area (Å²) in [5.74, 6) is -0.103. The van der Waals surface area contributed by atoms with Crippen molar-refractivity contribution in [3.63, 3.8) is 0 Å². The highest BCUT2D eigenvalue weighted by molar-refractivity contribution is 5.88. The lowest BCUT2D eigenvalue weighted by atomic mass is 10.1. The molecular formula is C17H19N3O. The molecule has 1 atom stereocenters. The van der Waals surface area contributed by atoms with Crippen molar-refractivity contribution in [3.8, 4) is 5.69 Å². The summed E-state index contributed by atoms with van der Waals surface area (Å²) in [6, 6.07) is 7.97. The number of amides is 1. The molecule has 21 heavy (non-hydrogen) atoms. The first-order valence-corrected chi connectivity index (χ1v) is 6.89. The standard InChI is InChI=1S/C17H19N3O/c1-3-4-5-9-17(21)19-14(2)15-7-6-8-16(12-15)20-11-10-18-13-20/h3-14H,1-2H3,(H,19,21). The fraction of sp³-hybridized carbons (Fsp3) is 0.176. The number of nitrogens with one attached hydrogen (secondary N) is 1. The summed E-state index contributed by atoms with van der Waals surface area (Å²) >= 11 is 0. The lowest BCUT2D eigenvalue weighted by molar-refractivity contribution is -0.117. The van der Waals surface area contributed by atoms with E-state index in [1.807, 2.05) is 61.0 Å². The van der Waals surface area contributed by atoms with Gasteiger partial charge in [0, 0.05) is 24.2 Å². The summed E-state index contributed by atoms with van der Waals surface area (Å²) in [6.07, 6.45) is 12.3. The Morgan fingerprint density at radius 2 is 2.24 bits per heavy atom. The highest BCUT2D eigenvalue weighted by Gasteiger charge is 2.08. The highest BCUT2D eigenvalue weighted by Crippen LogP contribution is 2.16. The molecule has 0 fully saturated rings. The van der Waals surface area contributed by atoms with Gasteiger partial charge in [0.25, 0.3) is 0 Å². The van der Waals surface area contributed by atoms with Crippen LogP contribution < -0.4 is 5.32 Å². The number of hydrogen-bond acceptors (Lipinski definition) is 2. The van der Waals surface area contributed by atoms with Gasteiger partial charge in [0.1, 0.15) is 0 Å². The van der Waals surface area contributed by atoms with Gasteiger partial charge in [0.05, 0.1) is 12.4 Å². The second kappa shape index (κ2) is 7.24. The molecule has 1 unspecified atom stereocenters. The molecule has 2 aromatic rings. The number of rotatable bonds is 5. The van der Waals surface area contributed by atoms with Crippen molar-refractivity contribution in [1.82, 2.24) is 14.9 Å². The fourth-order valence-corrected chi connectivity index (χ4v) is 1.97. The minimum atomic E-state index is -0.103. The number of imidazole rings is 1. The average Bonchev–Trinajstić information content (AvgIpc) is 3.02. The zero-order valence-corrected chi connectivity index (χ0v) is 12.2. The van der Waals surface area contributed by atoms with Crippen LogP contribution in [0.5, 0.6) is 0 Å². The van der Waals surface area contributed by atoms with Crippen LogP contribution in [0.4, 0.5) is 0 Å². The quantitative estimate of drug-likeness (QED) is 0.676. The molecule has 0 aliphatic carbocycles. The van der Waals surface area contributed by atoms with E-state index in [-0.39, 0.29) is 11.9 Å². The predicted octanol–water partition coefficient (Wildman–Crippen LogP) is 3.18. The van der Waals surface area contributed by atoms with Gasteiger partial charge in [-0.3, -0.25) is 4.79 Å². The molecule has 0 bridgehead atoms. The Bertz CT molecular complexity index is 642. The summed E-state index contributed by atoms with van der Waals surface area (Å²) in [4.78, 5) is 15.8. The minimum absolute atomic E-state index is 0.0590. The molecule has 1 heterocycles. The third-order valence-electron chi connectivity index (χ3n) is 3.08. The highest BCUT2D eigenvalue weighted by atomic mass is 16.1. The number of allylic oxidation sites excluding steroid dienone is 3. The first-order valence-electron chi connectivity index (χ1n) is 6.89. The number of hydrogen-bond donors (Lipinski definition) is 1. The van der Waals surface area contributed by atoms with Crippen molar-refractivity contribution in [1.29, 1.82) is 0 Å². The van der Waals surface area contributed by atoms with Crippen molar-refractivity contribution >= 4 is 5.91 Å². The molecule has 0 aliphatic rings. The Morgan fingerprint density at radius 3 is 2.95 bits per heavy atom. The molecule has 0 saturated heterocycles. The van der Waals surface area contributed by atoms with Crippen LogP contribution in [0, 0.1) is 0 Å². The molecule has 1 aromatic heterocycles. The van der Waals surface area contributed by atoms with Gasteiger partial charge in [-0.1, -0.05) is 30.4 Å². The third kappa shape index (κ3) is 4.18. The van der Waals surface area contributed by atoms with E-state index < -0.39 is 0 Å². The summed E-state index contributed by atoms with van der Waals surface area (Å²) in [5, 5.41) is 2.94. The molecule has 0 saturated carbocycles. The molecule has 4 heteroatoms. The Hall–Kier alpha value is -2.62. The van der Waals surface area contributed by atoms with Crippen LogP contribution >= 0.6 is 0 Å². The molecule has 0 aliphatic heterocycles. The van der Waals surface area contributed by atoms with Crippen molar-refractivity contribution in [3.05, 3.63) is 72.9 Å². The van der Waals surface area contributed by atoms with Crippen LogP contribution in [0.2, 0.25) is 0 Å². The molecule has 1 amide bonds. The maximum Gasteiger partial charge on any atom is 0.244 e. The number of carbonyl (C=O) groups excluding carboxylic acids is 1. The summed E-state index contributed by atoms with van der Waals surface area (Å²) in [6.45, 7) is 3.88. The first kappa shape index (κ1) is 14.8. The maximum absolute atomic E-state index is 11.8. The first-order chi connectivity index (χ1) is 10.2. The van der Waals surface area contributed by atoms with Crippen molar-refractivity contribution in [2.45, 2.75) is 19.9 Å². The zero-order valence-electron chi connectivity index (χ0n) is 12.2. The van der Waals surface area contributed by atoms with Crippen LogP contribution in [0.1, 0.15) is 25.5 Å². The number of nitrogens with zero attached hydrogens (tertiary/aromatic N) is 2. The molecule has 2 rings (SSSR count). The van der Waals surface area contributed by atoms with E-state index in [2.05, 4.69) is 10.3 Å². The van der Waals surface area contributed by atoms with Gasteiger partial charge in [0.2, 0.25) is 5.91 Å². The van der Waals surface area contributed by atoms with E-state index in [0.717, 1.165) is 11.3 Å². The number of benzene rings is 1. The molecule has 1 aromatic carbocycles. The van der Waals surface area contributed by atoms with Gasteiger partial charge in [-0.2, -0.15) is 0 Å². The minimum Gasteiger partial charge on any atom is -0.346 e. The predicted molar refractivity (Wildman–Crippen MR) is 84.1 cm³/mol. The van der Waals surface area contributed by atoms with Crippen LogP contribution in [-0.2, 0) is 4.79 Å². The van der Waals surface area contributed by atoms with Crippen molar-refractivity contribution in [2.24, 2.45) is 0 Å². The van der Waals surface area contributed by atoms with Gasteiger partial charge in [-0.25, -0.2) is 4.98 Å². The Balaban J connectivity index is 2.07. The fourth-order valence-electron chi connectivity index (χ4n) is 1.97. The Morgan fingerprint density at radius 1 is 1.38 bits per heavy atom. The van der Waals surface area contributed by atoms with E-state index in [1.54, 1.807) is 18.6 Å². The number of aromatic nitrogens is 2. The van der Waals surface area contributed by atoms with Crippen molar-refractivity contribution < 1.29 is 4.79 Å². The topological polar surface area (TPSA) is 46.9 Å². The number of carbonyl (C=O) groups is 1. The van der Waals surface area contributed by atoms with Gasteiger partial charge >= 0.3 is 0 Å². The van der Waals surface area contributed by atoms with E-state index in [0.29, 0.717) is 0 Å². The van der Waals surface area contributed by atoms with Gasteiger partial charge < -0.3 is 9.88 Å². The average molecular weight is 281 g/mol. The SMILES string of the molecule is CC=CC=CC(=O)NC(C)c1cccc(-n2ccnc2)c1. The lowest BCUT2D eigenvalue weighted by Crippen LogP contribution is -2.24. The molecule has 108 valence electrons. The molecular weight excluding hydrogens is 262 g/mol. The van der Waals surface area contributed by atoms with Crippen LogP contribution in [-0.4, -0.2) is 15.5 Å². The van der Waals surface area contributed by atoms with Crippen molar-refractivity contribution in [2.75, 3.05) is 0 Å². The molecule has 4 nitrogen and oxygen atoms in total. The maximum atomic E-state index is 11.8. The van der Waals surface area contributed by atoms with E-state index in [9.17, 15) is 4.79 Å². The van der Waals surface area contributed by atoms with Crippen LogP contribution in [0.3, 0.4) is 0 Å². The largest absolute Gasteiger partial charge is 0.346 e. The van der Waals surface area contributed by atoms with Gasteiger partial charge in [-0.15, -0.1) is 0 Å². The third-order valence-corrected chi connectivity index (χ3v) is 3.08. The summed E-state index contributed by atoms with van der Waals surface area (Å²) in [5.41, 5.74) is 2.07.